The van der Waals surface area contributed by atoms with Crippen molar-refractivity contribution >= 4 is 49.6 Å². The van der Waals surface area contributed by atoms with Gasteiger partial charge in [0.15, 0.2) is 17.8 Å². The van der Waals surface area contributed by atoms with Gasteiger partial charge in [-0.2, -0.15) is 15.1 Å². The number of fused-ring (bicyclic) bond motifs is 1. The molecule has 1 aliphatic heterocycles. The zero-order valence-corrected chi connectivity index (χ0v) is 31.8. The molecular formula is C30H49ClN6O14P2. The number of hydrogen-bond donors (Lipinski definition) is 7. The van der Waals surface area contributed by atoms with Crippen LogP contribution in [0.4, 0.5) is 5.82 Å². The van der Waals surface area contributed by atoms with Crippen molar-refractivity contribution in [3.8, 4) is 0 Å². The zero-order chi connectivity index (χ0) is 38.6. The molecule has 8 atom stereocenters. The van der Waals surface area contributed by atoms with Gasteiger partial charge < -0.3 is 63.7 Å². The van der Waals surface area contributed by atoms with Crippen LogP contribution in [0.3, 0.4) is 0 Å². The second-order valence-corrected chi connectivity index (χ2v) is 17.1. The molecule has 3 heterocycles. The molecule has 2 aromatic heterocycles. The van der Waals surface area contributed by atoms with Gasteiger partial charge in [-0.25, -0.2) is 4.68 Å². The Hall–Kier alpha value is -2.13. The van der Waals surface area contributed by atoms with E-state index < -0.39 is 52.2 Å². The molecule has 0 aromatic carbocycles. The number of amides is 1. The van der Waals surface area contributed by atoms with Crippen molar-refractivity contribution in [2.24, 2.45) is 11.8 Å². The lowest BCUT2D eigenvalue weighted by molar-refractivity contribution is -0.125. The van der Waals surface area contributed by atoms with Crippen LogP contribution in [-0.4, -0.2) is 147 Å². The Morgan fingerprint density at radius 3 is 2.38 bits per heavy atom. The molecular weight excluding hydrogens is 766 g/mol. The van der Waals surface area contributed by atoms with Crippen LogP contribution in [0.25, 0.3) is 11.0 Å². The lowest BCUT2D eigenvalue weighted by Gasteiger charge is -2.18. The molecule has 1 amide bonds. The van der Waals surface area contributed by atoms with E-state index in [0.717, 1.165) is 4.68 Å². The van der Waals surface area contributed by atoms with Gasteiger partial charge in [-0.3, -0.25) is 13.9 Å². The Labute approximate surface area is 311 Å². The van der Waals surface area contributed by atoms with Crippen molar-refractivity contribution in [3.63, 3.8) is 0 Å². The largest absolute Gasteiger partial charge is 0.387 e. The molecule has 7 N–H and O–H groups in total. The molecule has 2 aliphatic rings. The van der Waals surface area contributed by atoms with E-state index in [-0.39, 0.29) is 28.8 Å². The number of nitrogens with zero attached hydrogens (tertiary/aromatic N) is 4. The molecule has 1 saturated heterocycles. The van der Waals surface area contributed by atoms with E-state index in [2.05, 4.69) is 32.3 Å². The third-order valence-corrected chi connectivity index (χ3v) is 12.0. The Morgan fingerprint density at radius 1 is 1.06 bits per heavy atom. The van der Waals surface area contributed by atoms with E-state index in [1.165, 1.54) is 6.20 Å². The van der Waals surface area contributed by atoms with Crippen LogP contribution in [0, 0.1) is 11.8 Å². The molecule has 2 aromatic rings. The summed E-state index contributed by atoms with van der Waals surface area (Å²) in [5.74, 6) is -1.11. The average Bonchev–Trinajstić information content (AvgIpc) is 3.80. The summed E-state index contributed by atoms with van der Waals surface area (Å²) in [7, 11) is -9.61. The summed E-state index contributed by atoms with van der Waals surface area (Å²) in [6.45, 7) is 9.01. The third kappa shape index (κ3) is 13.8. The third-order valence-electron chi connectivity index (χ3n) is 8.40. The second kappa shape index (κ2) is 20.7. The highest BCUT2D eigenvalue weighted by molar-refractivity contribution is 7.70. The smallest absolute Gasteiger partial charge is 0.340 e. The van der Waals surface area contributed by atoms with E-state index in [0.29, 0.717) is 95.8 Å². The first kappa shape index (κ1) is 43.6. The Kier molecular flexibility index (Phi) is 17.0. The highest BCUT2D eigenvalue weighted by Crippen LogP contribution is 2.55. The average molecular weight is 815 g/mol. The van der Waals surface area contributed by atoms with Crippen molar-refractivity contribution < 1.29 is 67.0 Å². The number of rotatable bonds is 24. The number of anilines is 1. The zero-order valence-electron chi connectivity index (χ0n) is 29.3. The van der Waals surface area contributed by atoms with Crippen molar-refractivity contribution in [2.45, 2.75) is 56.8 Å². The number of aromatic nitrogens is 4. The Bertz CT molecular complexity index is 1590. The van der Waals surface area contributed by atoms with E-state index >= 15 is 0 Å². The van der Waals surface area contributed by atoms with Crippen LogP contribution in [0.15, 0.2) is 18.9 Å². The highest BCUT2D eigenvalue weighted by Gasteiger charge is 2.46. The summed E-state index contributed by atoms with van der Waals surface area (Å²) in [6, 6.07) is -0.131. The number of halogens is 1. The van der Waals surface area contributed by atoms with Crippen molar-refractivity contribution in [2.75, 3.05) is 77.2 Å². The van der Waals surface area contributed by atoms with Crippen molar-refractivity contribution in [3.05, 3.63) is 24.1 Å². The first-order valence-corrected chi connectivity index (χ1v) is 21.0. The van der Waals surface area contributed by atoms with Gasteiger partial charge in [0.2, 0.25) is 11.2 Å². The molecule has 0 bridgehead atoms. The molecule has 1 saturated carbocycles. The Balaban J connectivity index is 1.17. The van der Waals surface area contributed by atoms with E-state index in [4.69, 9.17) is 49.6 Å². The van der Waals surface area contributed by atoms with Gasteiger partial charge in [-0.1, -0.05) is 13.0 Å². The lowest BCUT2D eigenvalue weighted by atomic mass is 10.1. The fourth-order valence-corrected chi connectivity index (χ4v) is 8.39. The van der Waals surface area contributed by atoms with Gasteiger partial charge in [-0.15, -0.1) is 6.58 Å². The van der Waals surface area contributed by atoms with Crippen LogP contribution in [0.5, 0.6) is 0 Å². The molecule has 2 fully saturated rings. The number of carbonyl (C=O) groups excluding carboxylic acids is 1. The normalized spacial score (nSPS) is 25.0. The predicted octanol–water partition coefficient (Wildman–Crippen LogP) is 1.02. The minimum atomic E-state index is -4.87. The summed E-state index contributed by atoms with van der Waals surface area (Å²) in [6.07, 6.45) is -0.819. The monoisotopic (exact) mass is 814 g/mol. The second-order valence-electron chi connectivity index (χ2n) is 12.7. The van der Waals surface area contributed by atoms with Gasteiger partial charge in [0.1, 0.15) is 24.1 Å². The fourth-order valence-electron chi connectivity index (χ4n) is 5.66. The number of ether oxygens (including phenoxy) is 5. The molecule has 0 radical (unpaired) electrons. The first-order chi connectivity index (χ1) is 25.2. The van der Waals surface area contributed by atoms with Crippen LogP contribution < -0.4 is 10.6 Å². The van der Waals surface area contributed by atoms with Crippen molar-refractivity contribution in [1.29, 1.82) is 0 Å². The first-order valence-electron chi connectivity index (χ1n) is 17.1. The number of hydrogen-bond acceptors (Lipinski definition) is 15. The van der Waals surface area contributed by atoms with E-state index in [1.807, 2.05) is 13.0 Å². The maximum absolute atomic E-state index is 12.8. The number of nitrogens with one attached hydrogen (secondary N) is 2. The van der Waals surface area contributed by atoms with Crippen LogP contribution in [0.2, 0.25) is 5.28 Å². The van der Waals surface area contributed by atoms with E-state index in [9.17, 15) is 29.0 Å². The van der Waals surface area contributed by atoms with Crippen molar-refractivity contribution in [1.82, 2.24) is 25.1 Å². The van der Waals surface area contributed by atoms with Gasteiger partial charge >= 0.3 is 15.2 Å². The van der Waals surface area contributed by atoms with Gasteiger partial charge in [0, 0.05) is 18.5 Å². The minimum absolute atomic E-state index is 0.0864. The highest BCUT2D eigenvalue weighted by atomic mass is 35.5. The maximum Gasteiger partial charge on any atom is 0.340 e. The van der Waals surface area contributed by atoms with Crippen LogP contribution >= 0.6 is 26.8 Å². The van der Waals surface area contributed by atoms with Crippen LogP contribution in [0.1, 0.15) is 32.4 Å². The molecule has 0 spiro atoms. The molecule has 4 unspecified atom stereocenters. The topological polar surface area (TPSA) is 275 Å². The standard InChI is InChI=1S/C30H49ClN6O14P2/c1-3-19(2)16-49-13-12-48-11-10-47-9-8-46-7-6-32-28(40)20-4-5-21(14-20)34-26-22-15-33-37(27(22)36-30(31)35-26)29-25(39)24(38)23(51-29)17-50-53(44,45)18-52(41,42)43/h3,15,19-21,23-25,29,38-39H,1,4-14,16-18H2,2H3,(H,32,40)(H,44,45)(H,34,35,36)(H2,41,42,43)/t19?,20?,21?,23-,24-,25-,29-/m1/s1. The maximum atomic E-state index is 12.8. The molecule has 23 heteroatoms. The molecule has 4 rings (SSSR count). The summed E-state index contributed by atoms with van der Waals surface area (Å²) in [5, 5.41) is 31.9. The molecule has 20 nitrogen and oxygen atoms in total. The van der Waals surface area contributed by atoms with Gasteiger partial charge in [0.25, 0.3) is 0 Å². The quantitative estimate of drug-likeness (QED) is 0.0337. The van der Waals surface area contributed by atoms with E-state index in [1.54, 1.807) is 0 Å². The molecule has 53 heavy (non-hydrogen) atoms. The predicted molar refractivity (Wildman–Crippen MR) is 189 cm³/mol. The summed E-state index contributed by atoms with van der Waals surface area (Å²) in [5.41, 5.74) is 0.140. The fraction of sp³-hybridized carbons (Fsp3) is 0.733. The Morgan fingerprint density at radius 2 is 1.72 bits per heavy atom. The summed E-state index contributed by atoms with van der Waals surface area (Å²) in [4.78, 5) is 49.1. The van der Waals surface area contributed by atoms with Gasteiger partial charge in [0.05, 0.1) is 71.0 Å². The molecule has 1 aliphatic carbocycles. The number of aliphatic hydroxyl groups excluding tert-OH is 2. The minimum Gasteiger partial charge on any atom is -0.387 e. The van der Waals surface area contributed by atoms with Gasteiger partial charge in [-0.05, 0) is 36.8 Å². The SMILES string of the molecule is C=CC(C)COCCOCCOCCOCCNC(=O)C1CCC(Nc2nc(Cl)nc3c2cnn3[C@@H]2O[C@H](COP(=O)(O)CP(=O)(O)O)[C@@H](O)[C@H]2O)C1. The number of carbonyl (C=O) groups is 1. The number of aliphatic hydroxyl groups is 2. The van der Waals surface area contributed by atoms with Crippen LogP contribution in [-0.2, 0) is 42.1 Å². The molecule has 300 valence electrons. The summed E-state index contributed by atoms with van der Waals surface area (Å²) >= 11 is 6.23. The summed E-state index contributed by atoms with van der Waals surface area (Å²) < 4.78 is 56.7. The lowest BCUT2D eigenvalue weighted by Crippen LogP contribution is -2.33.